The van der Waals surface area contributed by atoms with Gasteiger partial charge in [0.25, 0.3) is 0 Å². The fraction of sp³-hybridized carbons (Fsp3) is 0.214. The first-order chi connectivity index (χ1) is 10.4. The molecule has 0 fully saturated rings. The van der Waals surface area contributed by atoms with Crippen LogP contribution < -0.4 is 10.1 Å². The predicted molar refractivity (Wildman–Crippen MR) is 78.0 cm³/mol. The third-order valence-electron chi connectivity index (χ3n) is 3.02. The maximum absolute atomic E-state index is 8.85. The van der Waals surface area contributed by atoms with Crippen molar-refractivity contribution in [2.75, 3.05) is 18.5 Å². The lowest BCUT2D eigenvalue weighted by Crippen LogP contribution is -2.07. The Labute approximate surface area is 121 Å². The van der Waals surface area contributed by atoms with Crippen molar-refractivity contribution in [3.63, 3.8) is 0 Å². The minimum absolute atomic E-state index is 0.0106. The Kier molecular flexibility index (Phi) is 3.92. The molecule has 0 saturated heterocycles. The molecule has 0 bridgehead atoms. The van der Waals surface area contributed by atoms with Gasteiger partial charge in [-0.25, -0.2) is 9.97 Å². The van der Waals surface area contributed by atoms with Crippen LogP contribution in [0.3, 0.4) is 0 Å². The maximum atomic E-state index is 8.85. The van der Waals surface area contributed by atoms with Gasteiger partial charge in [-0.1, -0.05) is 18.2 Å². The van der Waals surface area contributed by atoms with Gasteiger partial charge >= 0.3 is 0 Å². The monoisotopic (exact) mass is 285 g/mol. The number of para-hydroxylation sites is 1. The molecule has 0 aliphatic carbocycles. The largest absolute Gasteiger partial charge is 0.491 e. The van der Waals surface area contributed by atoms with Crippen LogP contribution in [0.4, 0.5) is 5.82 Å². The van der Waals surface area contributed by atoms with E-state index in [2.05, 4.69) is 25.5 Å². The number of hydrogen-bond acceptors (Lipinski definition) is 6. The number of H-pyrrole nitrogens is 1. The maximum Gasteiger partial charge on any atom is 0.160 e. The zero-order chi connectivity index (χ0) is 14.5. The zero-order valence-corrected chi connectivity index (χ0v) is 11.3. The Morgan fingerprint density at radius 2 is 2.14 bits per heavy atom. The van der Waals surface area contributed by atoms with E-state index in [-0.39, 0.29) is 13.2 Å². The minimum atomic E-state index is -0.0106. The van der Waals surface area contributed by atoms with E-state index in [9.17, 15) is 0 Å². The van der Waals surface area contributed by atoms with Crippen LogP contribution >= 0.6 is 0 Å². The van der Waals surface area contributed by atoms with Gasteiger partial charge in [-0.2, -0.15) is 5.10 Å². The summed E-state index contributed by atoms with van der Waals surface area (Å²) in [5.41, 5.74) is 1.68. The molecule has 3 N–H and O–H groups in total. The van der Waals surface area contributed by atoms with Crippen molar-refractivity contribution in [2.24, 2.45) is 0 Å². The first-order valence-corrected chi connectivity index (χ1v) is 6.58. The molecule has 0 amide bonds. The molecule has 0 aliphatic heterocycles. The molecular formula is C14H15N5O2. The number of nitrogens with zero attached hydrogens (tertiary/aromatic N) is 3. The minimum Gasteiger partial charge on any atom is -0.491 e. The van der Waals surface area contributed by atoms with E-state index < -0.39 is 0 Å². The molecule has 0 saturated carbocycles. The molecular weight excluding hydrogens is 270 g/mol. The summed E-state index contributed by atoms with van der Waals surface area (Å²) in [7, 11) is 0. The van der Waals surface area contributed by atoms with Crippen molar-refractivity contribution in [1.29, 1.82) is 0 Å². The number of rotatable bonds is 6. The molecule has 1 aromatic carbocycles. The Morgan fingerprint density at radius 1 is 1.24 bits per heavy atom. The van der Waals surface area contributed by atoms with Crippen LogP contribution in [0, 0.1) is 0 Å². The van der Waals surface area contributed by atoms with Crippen LogP contribution in [0.2, 0.25) is 0 Å². The average Bonchev–Trinajstić information content (AvgIpc) is 3.01. The van der Waals surface area contributed by atoms with Gasteiger partial charge < -0.3 is 15.2 Å². The number of aliphatic hydroxyl groups excluding tert-OH is 1. The van der Waals surface area contributed by atoms with E-state index in [1.165, 1.54) is 6.33 Å². The van der Waals surface area contributed by atoms with Crippen molar-refractivity contribution < 1.29 is 9.84 Å². The van der Waals surface area contributed by atoms with Crippen molar-refractivity contribution >= 4 is 16.9 Å². The summed E-state index contributed by atoms with van der Waals surface area (Å²) in [4.78, 5) is 8.32. The number of anilines is 1. The summed E-state index contributed by atoms with van der Waals surface area (Å²) < 4.78 is 5.51. The molecule has 0 unspecified atom stereocenters. The van der Waals surface area contributed by atoms with Crippen LogP contribution in [0.15, 0.2) is 36.8 Å². The molecule has 3 rings (SSSR count). The van der Waals surface area contributed by atoms with Gasteiger partial charge in [0.15, 0.2) is 5.65 Å². The number of aliphatic hydroxyl groups is 1. The Balaban J connectivity index is 1.77. The van der Waals surface area contributed by atoms with Gasteiger partial charge in [-0.3, -0.25) is 5.10 Å². The smallest absolute Gasteiger partial charge is 0.160 e. The summed E-state index contributed by atoms with van der Waals surface area (Å²) in [6.45, 7) is 0.818. The van der Waals surface area contributed by atoms with Crippen molar-refractivity contribution in [1.82, 2.24) is 20.2 Å². The van der Waals surface area contributed by atoms with E-state index in [0.29, 0.717) is 18.0 Å². The highest BCUT2D eigenvalue weighted by Gasteiger charge is 2.07. The number of fused-ring (bicyclic) bond motifs is 1. The molecule has 3 aromatic rings. The second kappa shape index (κ2) is 6.19. The summed E-state index contributed by atoms with van der Waals surface area (Å²) in [6.07, 6.45) is 3.17. The highest BCUT2D eigenvalue weighted by atomic mass is 16.5. The molecule has 0 atom stereocenters. The SMILES string of the molecule is OCCOc1ccccc1CNc1ncnc2[nH]ncc12. The highest BCUT2D eigenvalue weighted by Crippen LogP contribution is 2.21. The van der Waals surface area contributed by atoms with Gasteiger partial charge in [-0.05, 0) is 6.07 Å². The van der Waals surface area contributed by atoms with E-state index in [1.54, 1.807) is 6.20 Å². The van der Waals surface area contributed by atoms with E-state index in [0.717, 1.165) is 16.7 Å². The van der Waals surface area contributed by atoms with Gasteiger partial charge in [-0.15, -0.1) is 0 Å². The fourth-order valence-electron chi connectivity index (χ4n) is 2.03. The normalized spacial score (nSPS) is 10.7. The predicted octanol–water partition coefficient (Wildman–Crippen LogP) is 1.34. The highest BCUT2D eigenvalue weighted by molar-refractivity contribution is 5.85. The van der Waals surface area contributed by atoms with E-state index in [4.69, 9.17) is 9.84 Å². The topological polar surface area (TPSA) is 96.0 Å². The Bertz CT molecular complexity index is 728. The van der Waals surface area contributed by atoms with Gasteiger partial charge in [0.05, 0.1) is 18.2 Å². The number of aromatic amines is 1. The van der Waals surface area contributed by atoms with Crippen LogP contribution in [-0.2, 0) is 6.54 Å². The third-order valence-corrected chi connectivity index (χ3v) is 3.02. The first-order valence-electron chi connectivity index (χ1n) is 6.58. The number of hydrogen-bond donors (Lipinski definition) is 3. The molecule has 21 heavy (non-hydrogen) atoms. The van der Waals surface area contributed by atoms with Crippen LogP contribution in [0.1, 0.15) is 5.56 Å². The molecule has 0 spiro atoms. The number of benzene rings is 1. The fourth-order valence-corrected chi connectivity index (χ4v) is 2.03. The number of ether oxygens (including phenoxy) is 1. The number of nitrogens with one attached hydrogen (secondary N) is 2. The van der Waals surface area contributed by atoms with Crippen LogP contribution in [0.25, 0.3) is 11.0 Å². The molecule has 2 aromatic heterocycles. The van der Waals surface area contributed by atoms with Crippen molar-refractivity contribution in [3.8, 4) is 5.75 Å². The molecule has 108 valence electrons. The Hall–Kier alpha value is -2.67. The second-order valence-corrected chi connectivity index (χ2v) is 4.39. The van der Waals surface area contributed by atoms with Crippen molar-refractivity contribution in [2.45, 2.75) is 6.54 Å². The lowest BCUT2D eigenvalue weighted by molar-refractivity contribution is 0.200. The summed E-state index contributed by atoms with van der Waals surface area (Å²) >= 11 is 0. The Morgan fingerprint density at radius 3 is 3.05 bits per heavy atom. The molecule has 0 radical (unpaired) electrons. The van der Waals surface area contributed by atoms with Gasteiger partial charge in [0.1, 0.15) is 24.5 Å². The van der Waals surface area contributed by atoms with Crippen LogP contribution in [0.5, 0.6) is 5.75 Å². The van der Waals surface area contributed by atoms with Crippen LogP contribution in [-0.4, -0.2) is 38.5 Å². The molecule has 2 heterocycles. The average molecular weight is 285 g/mol. The zero-order valence-electron chi connectivity index (χ0n) is 11.3. The molecule has 7 nitrogen and oxygen atoms in total. The lowest BCUT2D eigenvalue weighted by Gasteiger charge is -2.11. The third kappa shape index (κ3) is 2.92. The summed E-state index contributed by atoms with van der Waals surface area (Å²) in [5, 5.41) is 19.7. The van der Waals surface area contributed by atoms with Crippen molar-refractivity contribution in [3.05, 3.63) is 42.4 Å². The standard InChI is InChI=1S/C14H15N5O2/c20-5-6-21-12-4-2-1-3-10(12)7-15-13-11-8-18-19-14(11)17-9-16-13/h1-4,8-9,20H,5-7H2,(H2,15,16,17,18,19). The summed E-state index contributed by atoms with van der Waals surface area (Å²) in [6, 6.07) is 7.68. The lowest BCUT2D eigenvalue weighted by atomic mass is 10.2. The summed E-state index contributed by atoms with van der Waals surface area (Å²) in [5.74, 6) is 1.46. The van der Waals surface area contributed by atoms with E-state index in [1.807, 2.05) is 24.3 Å². The quantitative estimate of drug-likeness (QED) is 0.632. The molecule has 0 aliphatic rings. The van der Waals surface area contributed by atoms with Gasteiger partial charge in [0.2, 0.25) is 0 Å². The molecule has 7 heteroatoms. The second-order valence-electron chi connectivity index (χ2n) is 4.39. The number of aromatic nitrogens is 4. The van der Waals surface area contributed by atoms with E-state index >= 15 is 0 Å². The van der Waals surface area contributed by atoms with Gasteiger partial charge in [0, 0.05) is 12.1 Å². The first kappa shape index (κ1) is 13.3.